The van der Waals surface area contributed by atoms with Gasteiger partial charge in [-0.1, -0.05) is 6.92 Å². The van der Waals surface area contributed by atoms with Crippen molar-refractivity contribution in [3.63, 3.8) is 0 Å². The highest BCUT2D eigenvalue weighted by atomic mass is 32.2. The van der Waals surface area contributed by atoms with Gasteiger partial charge in [-0.2, -0.15) is 0 Å². The molecule has 6 heteroatoms. The Labute approximate surface area is 98.6 Å². The lowest BCUT2D eigenvalue weighted by molar-refractivity contribution is -0.144. The van der Waals surface area contributed by atoms with E-state index >= 15 is 0 Å². The standard InChI is InChI=1S/C10H19NO4S/c1-5-11(3)9(12)7-16(14)6-8(2)10(13)15-4/h8H,5-7H2,1-4H3. The molecule has 0 bridgehead atoms. The molecule has 0 saturated carbocycles. The van der Waals surface area contributed by atoms with E-state index in [1.165, 1.54) is 12.0 Å². The zero-order chi connectivity index (χ0) is 12.7. The number of rotatable bonds is 6. The van der Waals surface area contributed by atoms with E-state index in [4.69, 9.17) is 0 Å². The number of methoxy groups -OCH3 is 1. The minimum absolute atomic E-state index is 0.0360. The molecular weight excluding hydrogens is 230 g/mol. The van der Waals surface area contributed by atoms with Gasteiger partial charge < -0.3 is 9.64 Å². The quantitative estimate of drug-likeness (QED) is 0.623. The third-order valence-electron chi connectivity index (χ3n) is 2.22. The first kappa shape index (κ1) is 15.1. The van der Waals surface area contributed by atoms with Crippen LogP contribution in [0.1, 0.15) is 13.8 Å². The average Bonchev–Trinajstić information content (AvgIpc) is 2.26. The van der Waals surface area contributed by atoms with Gasteiger partial charge in [0.15, 0.2) is 0 Å². The number of carbonyl (C=O) groups excluding carboxylic acids is 2. The molecule has 0 spiro atoms. The van der Waals surface area contributed by atoms with Crippen LogP contribution >= 0.6 is 0 Å². The van der Waals surface area contributed by atoms with E-state index in [0.717, 1.165) is 0 Å². The highest BCUT2D eigenvalue weighted by molar-refractivity contribution is 7.85. The molecule has 5 nitrogen and oxygen atoms in total. The van der Waals surface area contributed by atoms with Gasteiger partial charge in [-0.3, -0.25) is 13.8 Å². The molecule has 0 aromatic carbocycles. The molecule has 0 radical (unpaired) electrons. The molecule has 0 aliphatic rings. The summed E-state index contributed by atoms with van der Waals surface area (Å²) in [5.41, 5.74) is 0. The lowest BCUT2D eigenvalue weighted by Crippen LogP contribution is -2.32. The van der Waals surface area contributed by atoms with Gasteiger partial charge in [0.05, 0.1) is 13.0 Å². The number of hydrogen-bond acceptors (Lipinski definition) is 4. The van der Waals surface area contributed by atoms with Crippen molar-refractivity contribution >= 4 is 22.7 Å². The van der Waals surface area contributed by atoms with Crippen LogP contribution in [-0.4, -0.2) is 53.2 Å². The minimum atomic E-state index is -1.32. The summed E-state index contributed by atoms with van der Waals surface area (Å²) in [6, 6.07) is 0. The molecule has 0 aromatic rings. The Morgan fingerprint density at radius 1 is 1.44 bits per heavy atom. The molecule has 94 valence electrons. The Kier molecular flexibility index (Phi) is 6.96. The van der Waals surface area contributed by atoms with Crippen molar-refractivity contribution < 1.29 is 18.5 Å². The van der Waals surface area contributed by atoms with E-state index in [1.54, 1.807) is 14.0 Å². The normalized spacial score (nSPS) is 14.0. The Hall–Kier alpha value is -0.910. The smallest absolute Gasteiger partial charge is 0.309 e. The van der Waals surface area contributed by atoms with Crippen molar-refractivity contribution in [1.82, 2.24) is 4.90 Å². The molecule has 0 aliphatic carbocycles. The van der Waals surface area contributed by atoms with Crippen LogP contribution in [0.5, 0.6) is 0 Å². The second kappa shape index (κ2) is 7.38. The lowest BCUT2D eigenvalue weighted by Gasteiger charge is -2.14. The van der Waals surface area contributed by atoms with E-state index in [9.17, 15) is 13.8 Å². The highest BCUT2D eigenvalue weighted by Gasteiger charge is 2.19. The third kappa shape index (κ3) is 5.25. The van der Waals surface area contributed by atoms with Crippen LogP contribution in [-0.2, 0) is 25.1 Å². The number of carbonyl (C=O) groups is 2. The molecule has 0 N–H and O–H groups in total. The molecule has 0 fully saturated rings. The van der Waals surface area contributed by atoms with E-state index in [2.05, 4.69) is 4.74 Å². The van der Waals surface area contributed by atoms with Crippen molar-refractivity contribution in [1.29, 1.82) is 0 Å². The van der Waals surface area contributed by atoms with Crippen molar-refractivity contribution in [3.05, 3.63) is 0 Å². The first-order chi connectivity index (χ1) is 7.42. The van der Waals surface area contributed by atoms with Gasteiger partial charge in [0.2, 0.25) is 5.91 Å². The van der Waals surface area contributed by atoms with Crippen molar-refractivity contribution in [2.75, 3.05) is 32.2 Å². The largest absolute Gasteiger partial charge is 0.469 e. The fourth-order valence-corrected chi connectivity index (χ4v) is 2.34. The van der Waals surface area contributed by atoms with E-state index < -0.39 is 22.7 Å². The molecule has 0 saturated heterocycles. The third-order valence-corrected chi connectivity index (χ3v) is 3.66. The van der Waals surface area contributed by atoms with Crippen LogP contribution in [0.15, 0.2) is 0 Å². The van der Waals surface area contributed by atoms with Crippen LogP contribution in [0.25, 0.3) is 0 Å². The summed E-state index contributed by atoms with van der Waals surface area (Å²) in [7, 11) is 1.63. The number of hydrogen-bond donors (Lipinski definition) is 0. The first-order valence-corrected chi connectivity index (χ1v) is 6.57. The van der Waals surface area contributed by atoms with Crippen LogP contribution in [0.3, 0.4) is 0 Å². The maximum Gasteiger partial charge on any atom is 0.309 e. The van der Waals surface area contributed by atoms with Crippen LogP contribution in [0.2, 0.25) is 0 Å². The molecular formula is C10H19NO4S. The zero-order valence-corrected chi connectivity index (χ0v) is 11.0. The summed E-state index contributed by atoms with van der Waals surface area (Å²) in [4.78, 5) is 24.0. The second-order valence-electron chi connectivity index (χ2n) is 3.58. The Morgan fingerprint density at radius 2 is 2.00 bits per heavy atom. The topological polar surface area (TPSA) is 63.7 Å². The molecule has 1 amide bonds. The number of nitrogens with zero attached hydrogens (tertiary/aromatic N) is 1. The van der Waals surface area contributed by atoms with Gasteiger partial charge in [-0.25, -0.2) is 0 Å². The second-order valence-corrected chi connectivity index (χ2v) is 5.08. The van der Waals surface area contributed by atoms with Gasteiger partial charge in [0.1, 0.15) is 5.75 Å². The minimum Gasteiger partial charge on any atom is -0.469 e. The van der Waals surface area contributed by atoms with Crippen LogP contribution in [0, 0.1) is 5.92 Å². The fraction of sp³-hybridized carbons (Fsp3) is 0.800. The maximum atomic E-state index is 11.6. The summed E-state index contributed by atoms with van der Waals surface area (Å²) < 4.78 is 16.1. The Balaban J connectivity index is 4.09. The predicted octanol–water partition coefficient (Wildman–Crippen LogP) is 0.0225. The number of esters is 1. The zero-order valence-electron chi connectivity index (χ0n) is 10.2. The molecule has 0 aromatic heterocycles. The van der Waals surface area contributed by atoms with Crippen LogP contribution in [0.4, 0.5) is 0 Å². The summed E-state index contributed by atoms with van der Waals surface area (Å²) in [5, 5.41) is 0. The molecule has 0 aliphatic heterocycles. The predicted molar refractivity (Wildman–Crippen MR) is 62.4 cm³/mol. The average molecular weight is 249 g/mol. The highest BCUT2D eigenvalue weighted by Crippen LogP contribution is 2.01. The van der Waals surface area contributed by atoms with Crippen LogP contribution < -0.4 is 0 Å². The lowest BCUT2D eigenvalue weighted by atomic mass is 10.2. The van der Waals surface area contributed by atoms with Gasteiger partial charge in [-0.15, -0.1) is 0 Å². The van der Waals surface area contributed by atoms with Gasteiger partial charge in [0, 0.05) is 30.1 Å². The maximum absolute atomic E-state index is 11.6. The van der Waals surface area contributed by atoms with Crippen molar-refractivity contribution in [2.24, 2.45) is 5.92 Å². The number of amides is 1. The number of ether oxygens (including phenoxy) is 1. The van der Waals surface area contributed by atoms with Gasteiger partial charge >= 0.3 is 5.97 Å². The van der Waals surface area contributed by atoms with E-state index in [-0.39, 0.29) is 17.4 Å². The Bertz CT molecular complexity index is 280. The van der Waals surface area contributed by atoms with Crippen molar-refractivity contribution in [3.8, 4) is 0 Å². The van der Waals surface area contributed by atoms with Gasteiger partial charge in [-0.05, 0) is 6.92 Å². The molecule has 2 unspecified atom stereocenters. The summed E-state index contributed by atoms with van der Waals surface area (Å²) >= 11 is 0. The molecule has 16 heavy (non-hydrogen) atoms. The Morgan fingerprint density at radius 3 is 2.44 bits per heavy atom. The monoisotopic (exact) mass is 249 g/mol. The van der Waals surface area contributed by atoms with Crippen molar-refractivity contribution in [2.45, 2.75) is 13.8 Å². The van der Waals surface area contributed by atoms with E-state index in [1.807, 2.05) is 6.92 Å². The summed E-state index contributed by atoms with van der Waals surface area (Å²) in [5.74, 6) is -0.880. The van der Waals surface area contributed by atoms with Gasteiger partial charge in [0.25, 0.3) is 0 Å². The summed E-state index contributed by atoms with van der Waals surface area (Å²) in [6.45, 7) is 4.07. The first-order valence-electron chi connectivity index (χ1n) is 5.09. The SMILES string of the molecule is CCN(C)C(=O)CS(=O)CC(C)C(=O)OC. The molecule has 0 rings (SSSR count). The summed E-state index contributed by atoms with van der Waals surface area (Å²) in [6.07, 6.45) is 0. The van der Waals surface area contributed by atoms with E-state index in [0.29, 0.717) is 6.54 Å². The fourth-order valence-electron chi connectivity index (χ4n) is 1.03. The molecule has 2 atom stereocenters. The molecule has 0 heterocycles.